The van der Waals surface area contributed by atoms with E-state index in [-0.39, 0.29) is 10.8 Å². The minimum Gasteiger partial charge on any atom is -0.399 e. The van der Waals surface area contributed by atoms with Gasteiger partial charge < -0.3 is 5.73 Å². The Morgan fingerprint density at radius 1 is 1.36 bits per heavy atom. The lowest BCUT2D eigenvalue weighted by molar-refractivity contribution is 0.481. The summed E-state index contributed by atoms with van der Waals surface area (Å²) in [5, 5.41) is 0. The van der Waals surface area contributed by atoms with E-state index in [1.54, 1.807) is 6.07 Å². The molecule has 0 aromatic heterocycles. The molecule has 0 spiro atoms. The maximum atomic E-state index is 11.0. The SMILES string of the molecule is CC(C)c1cc(N)ccc1S(=O)(=O)O. The summed E-state index contributed by atoms with van der Waals surface area (Å²) in [6.07, 6.45) is 0. The predicted octanol–water partition coefficient (Wildman–Crippen LogP) is 1.64. The molecular formula is C9H13NO3S. The van der Waals surface area contributed by atoms with E-state index in [1.807, 2.05) is 13.8 Å². The molecule has 0 bridgehead atoms. The van der Waals surface area contributed by atoms with Crippen molar-refractivity contribution in [3.63, 3.8) is 0 Å². The number of rotatable bonds is 2. The van der Waals surface area contributed by atoms with Gasteiger partial charge in [-0.2, -0.15) is 8.42 Å². The normalized spacial score (nSPS) is 12.0. The molecule has 0 saturated carbocycles. The van der Waals surface area contributed by atoms with Crippen LogP contribution in [0.4, 0.5) is 5.69 Å². The summed E-state index contributed by atoms with van der Waals surface area (Å²) in [4.78, 5) is -0.0679. The number of hydrogen-bond acceptors (Lipinski definition) is 3. The predicted molar refractivity (Wildman–Crippen MR) is 54.8 cm³/mol. The number of nitrogens with two attached hydrogens (primary N) is 1. The largest absolute Gasteiger partial charge is 0.399 e. The van der Waals surface area contributed by atoms with Gasteiger partial charge in [-0.1, -0.05) is 13.8 Å². The number of anilines is 1. The molecule has 5 heteroatoms. The Hall–Kier alpha value is -1.07. The molecule has 1 aromatic carbocycles. The Bertz CT molecular complexity index is 437. The molecule has 1 rings (SSSR count). The summed E-state index contributed by atoms with van der Waals surface area (Å²) in [6.45, 7) is 3.67. The molecule has 0 radical (unpaired) electrons. The van der Waals surface area contributed by atoms with Gasteiger partial charge in [0.05, 0.1) is 4.90 Å². The second-order valence-electron chi connectivity index (χ2n) is 3.43. The lowest BCUT2D eigenvalue weighted by atomic mass is 10.0. The van der Waals surface area contributed by atoms with Crippen molar-refractivity contribution in [3.05, 3.63) is 23.8 Å². The van der Waals surface area contributed by atoms with Crippen LogP contribution in [0.15, 0.2) is 23.1 Å². The first-order valence-corrected chi connectivity index (χ1v) is 5.63. The van der Waals surface area contributed by atoms with Crippen LogP contribution in [-0.4, -0.2) is 13.0 Å². The third-order valence-electron chi connectivity index (χ3n) is 1.93. The van der Waals surface area contributed by atoms with Gasteiger partial charge in [-0.3, -0.25) is 4.55 Å². The summed E-state index contributed by atoms with van der Waals surface area (Å²) in [6, 6.07) is 4.34. The van der Waals surface area contributed by atoms with Gasteiger partial charge in [-0.25, -0.2) is 0 Å². The minimum atomic E-state index is -4.15. The van der Waals surface area contributed by atoms with Gasteiger partial charge in [0.15, 0.2) is 0 Å². The van der Waals surface area contributed by atoms with Gasteiger partial charge in [-0.15, -0.1) is 0 Å². The molecule has 1 aromatic rings. The smallest absolute Gasteiger partial charge is 0.294 e. The Morgan fingerprint density at radius 2 is 1.93 bits per heavy atom. The molecule has 0 amide bonds. The van der Waals surface area contributed by atoms with Gasteiger partial charge in [0.25, 0.3) is 10.1 Å². The Morgan fingerprint density at radius 3 is 2.36 bits per heavy atom. The van der Waals surface area contributed by atoms with Crippen molar-refractivity contribution in [3.8, 4) is 0 Å². The van der Waals surface area contributed by atoms with Gasteiger partial charge >= 0.3 is 0 Å². The van der Waals surface area contributed by atoms with Crippen molar-refractivity contribution in [2.24, 2.45) is 0 Å². The van der Waals surface area contributed by atoms with Crippen molar-refractivity contribution in [2.45, 2.75) is 24.7 Å². The van der Waals surface area contributed by atoms with Crippen molar-refractivity contribution in [1.82, 2.24) is 0 Å². The van der Waals surface area contributed by atoms with E-state index in [9.17, 15) is 8.42 Å². The Balaban J connectivity index is 3.45. The first-order valence-electron chi connectivity index (χ1n) is 4.19. The number of hydrogen-bond donors (Lipinski definition) is 2. The second kappa shape index (κ2) is 3.59. The molecule has 0 atom stereocenters. The van der Waals surface area contributed by atoms with E-state index in [0.717, 1.165) is 0 Å². The molecule has 0 aliphatic heterocycles. The maximum Gasteiger partial charge on any atom is 0.294 e. The molecule has 4 nitrogen and oxygen atoms in total. The molecule has 3 N–H and O–H groups in total. The van der Waals surface area contributed by atoms with Crippen LogP contribution in [0.1, 0.15) is 25.3 Å². The zero-order valence-electron chi connectivity index (χ0n) is 8.06. The molecule has 0 aliphatic carbocycles. The van der Waals surface area contributed by atoms with E-state index >= 15 is 0 Å². The summed E-state index contributed by atoms with van der Waals surface area (Å²) in [5.41, 5.74) is 6.55. The number of nitrogen functional groups attached to an aromatic ring is 1. The lowest BCUT2D eigenvalue weighted by Gasteiger charge is -2.10. The quantitative estimate of drug-likeness (QED) is 0.580. The lowest BCUT2D eigenvalue weighted by Crippen LogP contribution is -2.05. The van der Waals surface area contributed by atoms with Crippen LogP contribution in [0, 0.1) is 0 Å². The first kappa shape index (κ1) is 11.0. The molecular weight excluding hydrogens is 202 g/mol. The molecule has 0 unspecified atom stereocenters. The summed E-state index contributed by atoms with van der Waals surface area (Å²) >= 11 is 0. The van der Waals surface area contributed by atoms with Crippen molar-refractivity contribution < 1.29 is 13.0 Å². The fourth-order valence-corrected chi connectivity index (χ4v) is 2.09. The van der Waals surface area contributed by atoms with Gasteiger partial charge in [0.2, 0.25) is 0 Å². The third-order valence-corrected chi connectivity index (χ3v) is 2.86. The van der Waals surface area contributed by atoms with Crippen molar-refractivity contribution in [2.75, 3.05) is 5.73 Å². The second-order valence-corrected chi connectivity index (χ2v) is 4.82. The van der Waals surface area contributed by atoms with Crippen LogP contribution >= 0.6 is 0 Å². The van der Waals surface area contributed by atoms with Crippen LogP contribution < -0.4 is 5.73 Å². The zero-order chi connectivity index (χ0) is 10.9. The highest BCUT2D eigenvalue weighted by molar-refractivity contribution is 7.85. The van der Waals surface area contributed by atoms with Crippen molar-refractivity contribution in [1.29, 1.82) is 0 Å². The maximum absolute atomic E-state index is 11.0. The van der Waals surface area contributed by atoms with E-state index in [0.29, 0.717) is 11.3 Å². The standard InChI is InChI=1S/C9H13NO3S/c1-6(2)8-5-7(10)3-4-9(8)14(11,12)13/h3-6H,10H2,1-2H3,(H,11,12,13). The number of benzene rings is 1. The summed E-state index contributed by atoms with van der Waals surface area (Å²) in [7, 11) is -4.15. The fourth-order valence-electron chi connectivity index (χ4n) is 1.25. The molecule has 0 aliphatic rings. The highest BCUT2D eigenvalue weighted by atomic mass is 32.2. The molecule has 0 heterocycles. The molecule has 14 heavy (non-hydrogen) atoms. The first-order chi connectivity index (χ1) is 6.32. The van der Waals surface area contributed by atoms with Crippen LogP contribution in [-0.2, 0) is 10.1 Å². The van der Waals surface area contributed by atoms with E-state index in [4.69, 9.17) is 10.3 Å². The van der Waals surface area contributed by atoms with Crippen LogP contribution in [0.5, 0.6) is 0 Å². The third kappa shape index (κ3) is 2.24. The van der Waals surface area contributed by atoms with Gasteiger partial charge in [-0.05, 0) is 29.7 Å². The summed E-state index contributed by atoms with van der Waals surface area (Å²) in [5.74, 6) is -0.00424. The highest BCUT2D eigenvalue weighted by Crippen LogP contribution is 2.25. The monoisotopic (exact) mass is 215 g/mol. The molecule has 0 saturated heterocycles. The fraction of sp³-hybridized carbons (Fsp3) is 0.333. The van der Waals surface area contributed by atoms with Gasteiger partial charge in [0.1, 0.15) is 0 Å². The van der Waals surface area contributed by atoms with E-state index in [2.05, 4.69) is 0 Å². The van der Waals surface area contributed by atoms with Crippen LogP contribution in [0.2, 0.25) is 0 Å². The average molecular weight is 215 g/mol. The minimum absolute atomic E-state index is 0.00424. The van der Waals surface area contributed by atoms with Crippen LogP contribution in [0.25, 0.3) is 0 Å². The summed E-state index contributed by atoms with van der Waals surface area (Å²) < 4.78 is 30.9. The zero-order valence-corrected chi connectivity index (χ0v) is 8.88. The topological polar surface area (TPSA) is 80.4 Å². The highest BCUT2D eigenvalue weighted by Gasteiger charge is 2.17. The van der Waals surface area contributed by atoms with E-state index in [1.165, 1.54) is 12.1 Å². The average Bonchev–Trinajstić information content (AvgIpc) is 2.01. The van der Waals surface area contributed by atoms with Gasteiger partial charge in [0, 0.05) is 5.69 Å². The Labute approximate surface area is 83.5 Å². The van der Waals surface area contributed by atoms with Crippen LogP contribution in [0.3, 0.4) is 0 Å². The molecule has 78 valence electrons. The Kier molecular flexibility index (Phi) is 2.82. The van der Waals surface area contributed by atoms with E-state index < -0.39 is 10.1 Å². The molecule has 0 fully saturated rings. The van der Waals surface area contributed by atoms with Crippen molar-refractivity contribution >= 4 is 15.8 Å².